The van der Waals surface area contributed by atoms with Crippen LogP contribution in [-0.4, -0.2) is 76.3 Å². The molecule has 3 aromatic heterocycles. The Hall–Kier alpha value is -2.85. The molecule has 0 saturated carbocycles. The van der Waals surface area contributed by atoms with Crippen molar-refractivity contribution in [2.45, 2.75) is 37.5 Å². The van der Waals surface area contributed by atoms with E-state index in [1.807, 2.05) is 18.2 Å². The lowest BCUT2D eigenvalue weighted by molar-refractivity contribution is -0.0511. The van der Waals surface area contributed by atoms with Crippen molar-refractivity contribution in [2.24, 2.45) is 0 Å². The minimum Gasteiger partial charge on any atom is -0.394 e. The number of aliphatic hydroxyl groups is 3. The first-order valence-corrected chi connectivity index (χ1v) is 12.2. The Kier molecular flexibility index (Phi) is 7.10. The topological polar surface area (TPSA) is 166 Å². The standard InChI is InChI=1S/C22H25IN8O4/c23-13-3-1-2-12(6-13)7-26-19-16-20(30-22(29-19)25-5-4-14-8-24-10-27-14)31(11-28-16)21-18(34)17(33)15(9-32)35-21/h1-3,6,8,10-11,15,17-18,21,32-34H,4-5,7,9H2,(H,24,27)(H2,25,26,29,30)/t15-,17-,18-,21-/m1/s1. The fourth-order valence-corrected chi connectivity index (χ4v) is 4.59. The second-order valence-corrected chi connectivity index (χ2v) is 9.43. The van der Waals surface area contributed by atoms with E-state index in [-0.39, 0.29) is 0 Å². The lowest BCUT2D eigenvalue weighted by atomic mass is 10.1. The van der Waals surface area contributed by atoms with Gasteiger partial charge in [-0.15, -0.1) is 0 Å². The van der Waals surface area contributed by atoms with Gasteiger partial charge in [-0.1, -0.05) is 12.1 Å². The van der Waals surface area contributed by atoms with E-state index >= 15 is 0 Å². The average Bonchev–Trinajstić information content (AvgIpc) is 3.58. The lowest BCUT2D eigenvalue weighted by Crippen LogP contribution is -2.33. The van der Waals surface area contributed by atoms with Gasteiger partial charge in [0.25, 0.3) is 0 Å². The van der Waals surface area contributed by atoms with Crippen LogP contribution in [0.25, 0.3) is 11.2 Å². The summed E-state index contributed by atoms with van der Waals surface area (Å²) in [5.41, 5.74) is 2.98. The first-order chi connectivity index (χ1) is 17.0. The fourth-order valence-electron chi connectivity index (χ4n) is 3.98. The molecule has 12 nitrogen and oxygen atoms in total. The molecule has 6 N–H and O–H groups in total. The number of benzene rings is 1. The second-order valence-electron chi connectivity index (χ2n) is 8.19. The summed E-state index contributed by atoms with van der Waals surface area (Å²) in [5, 5.41) is 36.8. The van der Waals surface area contributed by atoms with Crippen LogP contribution < -0.4 is 10.6 Å². The Morgan fingerprint density at radius 3 is 2.80 bits per heavy atom. The van der Waals surface area contributed by atoms with Gasteiger partial charge in [-0.3, -0.25) is 4.57 Å². The molecule has 35 heavy (non-hydrogen) atoms. The summed E-state index contributed by atoms with van der Waals surface area (Å²) in [7, 11) is 0. The molecule has 1 saturated heterocycles. The van der Waals surface area contributed by atoms with Gasteiger partial charge in [0.2, 0.25) is 5.95 Å². The van der Waals surface area contributed by atoms with Gasteiger partial charge in [0.15, 0.2) is 23.2 Å². The second kappa shape index (κ2) is 10.4. The molecule has 1 aliphatic rings. The monoisotopic (exact) mass is 592 g/mol. The number of aromatic amines is 1. The highest BCUT2D eigenvalue weighted by atomic mass is 127. The van der Waals surface area contributed by atoms with Gasteiger partial charge < -0.3 is 35.7 Å². The molecule has 4 heterocycles. The minimum absolute atomic E-state index is 0.371. The Labute approximate surface area is 214 Å². The Morgan fingerprint density at radius 1 is 1.17 bits per heavy atom. The van der Waals surface area contributed by atoms with Gasteiger partial charge >= 0.3 is 0 Å². The molecule has 0 spiro atoms. The van der Waals surface area contributed by atoms with Crippen molar-refractivity contribution in [3.8, 4) is 0 Å². The maximum absolute atomic E-state index is 10.5. The van der Waals surface area contributed by atoms with Crippen LogP contribution in [0.5, 0.6) is 0 Å². The number of fused-ring (bicyclic) bond motifs is 1. The van der Waals surface area contributed by atoms with E-state index < -0.39 is 31.1 Å². The predicted octanol–water partition coefficient (Wildman–Crippen LogP) is 1.03. The van der Waals surface area contributed by atoms with Crippen LogP contribution in [0.4, 0.5) is 11.8 Å². The zero-order valence-electron chi connectivity index (χ0n) is 18.5. The first kappa shape index (κ1) is 23.9. The summed E-state index contributed by atoms with van der Waals surface area (Å²) in [5.74, 6) is 0.888. The van der Waals surface area contributed by atoms with Gasteiger partial charge in [0.05, 0.1) is 19.3 Å². The number of anilines is 2. The van der Waals surface area contributed by atoms with Gasteiger partial charge in [-0.25, -0.2) is 9.97 Å². The number of aromatic nitrogens is 6. The fraction of sp³-hybridized carbons (Fsp3) is 0.364. The first-order valence-electron chi connectivity index (χ1n) is 11.1. The summed E-state index contributed by atoms with van der Waals surface area (Å²) in [6, 6.07) is 8.12. The number of hydrogen-bond donors (Lipinski definition) is 6. The molecule has 184 valence electrons. The van der Waals surface area contributed by atoms with E-state index in [1.54, 1.807) is 17.1 Å². The number of H-pyrrole nitrogens is 1. The summed E-state index contributed by atoms with van der Waals surface area (Å²) in [4.78, 5) is 20.8. The molecular formula is C22H25IN8O4. The molecule has 0 unspecified atom stereocenters. The molecule has 0 amide bonds. The van der Waals surface area contributed by atoms with Gasteiger partial charge in [0.1, 0.15) is 18.3 Å². The molecule has 1 aromatic carbocycles. The molecule has 13 heteroatoms. The van der Waals surface area contributed by atoms with Crippen molar-refractivity contribution in [3.05, 3.63) is 57.9 Å². The lowest BCUT2D eigenvalue weighted by Gasteiger charge is -2.17. The van der Waals surface area contributed by atoms with Gasteiger partial charge in [-0.05, 0) is 40.3 Å². The van der Waals surface area contributed by atoms with Crippen molar-refractivity contribution in [1.82, 2.24) is 29.5 Å². The third kappa shape index (κ3) is 5.08. The summed E-state index contributed by atoms with van der Waals surface area (Å²) >= 11 is 2.27. The van der Waals surface area contributed by atoms with Crippen molar-refractivity contribution in [3.63, 3.8) is 0 Å². The summed E-state index contributed by atoms with van der Waals surface area (Å²) in [6.45, 7) is 0.669. The Morgan fingerprint density at radius 2 is 2.06 bits per heavy atom. The summed E-state index contributed by atoms with van der Waals surface area (Å²) in [6.07, 6.45) is 1.24. The Bertz CT molecular complexity index is 1280. The maximum atomic E-state index is 10.5. The van der Waals surface area contributed by atoms with E-state index in [4.69, 9.17) is 4.74 Å². The van der Waals surface area contributed by atoms with E-state index in [2.05, 4.69) is 64.2 Å². The highest BCUT2D eigenvalue weighted by Crippen LogP contribution is 2.33. The molecule has 4 atom stereocenters. The minimum atomic E-state index is -1.25. The van der Waals surface area contributed by atoms with Crippen LogP contribution >= 0.6 is 22.6 Å². The molecule has 0 bridgehead atoms. The quantitative estimate of drug-likeness (QED) is 0.155. The largest absolute Gasteiger partial charge is 0.394 e. The van der Waals surface area contributed by atoms with Gasteiger partial charge in [0, 0.05) is 35.0 Å². The van der Waals surface area contributed by atoms with Crippen LogP contribution in [0.15, 0.2) is 43.1 Å². The number of rotatable bonds is 9. The van der Waals surface area contributed by atoms with Crippen LogP contribution in [0.1, 0.15) is 17.5 Å². The molecule has 5 rings (SSSR count). The zero-order valence-corrected chi connectivity index (χ0v) is 20.7. The normalized spacial score (nSPS) is 22.1. The average molecular weight is 592 g/mol. The maximum Gasteiger partial charge on any atom is 0.226 e. The summed E-state index contributed by atoms with van der Waals surface area (Å²) < 4.78 is 8.38. The van der Waals surface area contributed by atoms with Gasteiger partial charge in [-0.2, -0.15) is 9.97 Å². The number of nitrogens with one attached hydrogen (secondary N) is 3. The number of hydrogen-bond acceptors (Lipinski definition) is 10. The third-order valence-electron chi connectivity index (χ3n) is 5.79. The van der Waals surface area contributed by atoms with E-state index in [0.717, 1.165) is 14.8 Å². The van der Waals surface area contributed by atoms with Crippen molar-refractivity contribution >= 4 is 45.5 Å². The van der Waals surface area contributed by atoms with Crippen LogP contribution in [-0.2, 0) is 17.7 Å². The van der Waals surface area contributed by atoms with E-state index in [1.165, 1.54) is 6.33 Å². The van der Waals surface area contributed by atoms with Crippen molar-refractivity contribution in [2.75, 3.05) is 23.8 Å². The molecule has 1 fully saturated rings. The zero-order chi connectivity index (χ0) is 24.4. The van der Waals surface area contributed by atoms with Crippen LogP contribution in [0.2, 0.25) is 0 Å². The SMILES string of the molecule is OC[C@H]1O[C@@H](n2cnc3c(NCc4cccc(I)c4)nc(NCCc4cnc[nH]4)nc32)[C@H](O)[C@@H]1O. The number of aliphatic hydroxyl groups excluding tert-OH is 3. The van der Waals surface area contributed by atoms with Crippen molar-refractivity contribution < 1.29 is 20.1 Å². The molecule has 0 radical (unpaired) electrons. The van der Waals surface area contributed by atoms with E-state index in [0.29, 0.717) is 42.4 Å². The Balaban J connectivity index is 1.45. The highest BCUT2D eigenvalue weighted by molar-refractivity contribution is 14.1. The van der Waals surface area contributed by atoms with Crippen molar-refractivity contribution in [1.29, 1.82) is 0 Å². The molecule has 0 aliphatic carbocycles. The molecule has 1 aliphatic heterocycles. The molecule has 4 aromatic rings. The predicted molar refractivity (Wildman–Crippen MR) is 136 cm³/mol. The number of halogens is 1. The third-order valence-corrected chi connectivity index (χ3v) is 6.47. The smallest absolute Gasteiger partial charge is 0.226 e. The number of ether oxygens (including phenoxy) is 1. The van der Waals surface area contributed by atoms with Crippen LogP contribution in [0, 0.1) is 3.57 Å². The number of nitrogens with zero attached hydrogens (tertiary/aromatic N) is 5. The van der Waals surface area contributed by atoms with E-state index in [9.17, 15) is 15.3 Å². The highest BCUT2D eigenvalue weighted by Gasteiger charge is 2.44. The molecular weight excluding hydrogens is 567 g/mol. The number of imidazole rings is 2. The van der Waals surface area contributed by atoms with Crippen LogP contribution in [0.3, 0.4) is 0 Å².